The van der Waals surface area contributed by atoms with E-state index in [1.54, 1.807) is 36.3 Å². The van der Waals surface area contributed by atoms with Crippen LogP contribution in [0.15, 0.2) is 30.6 Å². The van der Waals surface area contributed by atoms with Crippen molar-refractivity contribution in [3.8, 4) is 0 Å². The molecule has 1 aliphatic heterocycles. The number of carbonyl (C=O) groups excluding carboxylic acids is 1. The maximum atomic E-state index is 14.8. The minimum Gasteiger partial charge on any atom is -0.616 e. The van der Waals surface area contributed by atoms with E-state index in [0.717, 1.165) is 6.42 Å². The van der Waals surface area contributed by atoms with Crippen molar-refractivity contribution in [2.75, 3.05) is 48.0 Å². The highest BCUT2D eigenvalue weighted by Crippen LogP contribution is 2.26. The zero-order chi connectivity index (χ0) is 19.9. The molecule has 1 amide bonds. The van der Waals surface area contributed by atoms with Crippen molar-refractivity contribution in [1.82, 2.24) is 15.0 Å². The zero-order valence-electron chi connectivity index (χ0n) is 15.7. The summed E-state index contributed by atoms with van der Waals surface area (Å²) < 4.78 is 33.5. The first-order valence-electron chi connectivity index (χ1n) is 9.09. The van der Waals surface area contributed by atoms with Crippen molar-refractivity contribution in [1.29, 1.82) is 0 Å². The molecule has 0 aliphatic carbocycles. The number of amides is 1. The molecule has 8 nitrogen and oxygen atoms in total. The van der Waals surface area contributed by atoms with Crippen molar-refractivity contribution in [2.24, 2.45) is 0 Å². The first kappa shape index (κ1) is 20.6. The number of benzene rings is 1. The van der Waals surface area contributed by atoms with Gasteiger partial charge in [-0.2, -0.15) is 0 Å². The number of methoxy groups -OCH3 is 1. The van der Waals surface area contributed by atoms with E-state index >= 15 is 0 Å². The molecule has 0 bridgehead atoms. The van der Waals surface area contributed by atoms with Gasteiger partial charge in [0.1, 0.15) is 17.3 Å². The smallest absolute Gasteiger partial charge is 0.214 e. The molecule has 1 aromatic carbocycles. The molecule has 2 aromatic rings. The third-order valence-electron chi connectivity index (χ3n) is 4.72. The average molecular weight is 409 g/mol. The molecule has 2 heterocycles. The average Bonchev–Trinajstić information content (AvgIpc) is 3.12. The molecular weight excluding hydrogens is 385 g/mol. The van der Waals surface area contributed by atoms with Crippen LogP contribution in [-0.2, 0) is 27.3 Å². The third kappa shape index (κ3) is 5.21. The Morgan fingerprint density at radius 2 is 2.29 bits per heavy atom. The zero-order valence-corrected chi connectivity index (χ0v) is 16.6. The highest BCUT2D eigenvalue weighted by molar-refractivity contribution is 7.91. The van der Waals surface area contributed by atoms with Crippen LogP contribution < -0.4 is 9.80 Å². The molecule has 0 saturated carbocycles. The van der Waals surface area contributed by atoms with Crippen molar-refractivity contribution >= 4 is 29.0 Å². The van der Waals surface area contributed by atoms with Crippen molar-refractivity contribution in [2.45, 2.75) is 19.1 Å². The topological polar surface area (TPSA) is 86.5 Å². The lowest BCUT2D eigenvalue weighted by Crippen LogP contribution is -2.35. The highest BCUT2D eigenvalue weighted by atomic mass is 32.2. The second kappa shape index (κ2) is 9.85. The van der Waals surface area contributed by atoms with Crippen LogP contribution in [0.2, 0.25) is 0 Å². The Balaban J connectivity index is 1.70. The highest BCUT2D eigenvalue weighted by Gasteiger charge is 2.21. The summed E-state index contributed by atoms with van der Waals surface area (Å²) >= 11 is -0.838. The maximum absolute atomic E-state index is 14.8. The van der Waals surface area contributed by atoms with E-state index in [-0.39, 0.29) is 12.6 Å². The van der Waals surface area contributed by atoms with Gasteiger partial charge in [0.15, 0.2) is 0 Å². The Morgan fingerprint density at radius 3 is 2.96 bits per heavy atom. The van der Waals surface area contributed by atoms with Gasteiger partial charge in [-0.15, -0.1) is 5.10 Å². The summed E-state index contributed by atoms with van der Waals surface area (Å²) in [6.45, 7) is 1.90. The van der Waals surface area contributed by atoms with E-state index < -0.39 is 17.0 Å². The largest absolute Gasteiger partial charge is 0.616 e. The van der Waals surface area contributed by atoms with Crippen LogP contribution in [0, 0.1) is 5.82 Å². The summed E-state index contributed by atoms with van der Waals surface area (Å²) in [5.74, 6) is 0.793. The molecular formula is C18H24FN5O3S. The monoisotopic (exact) mass is 409 g/mol. The van der Waals surface area contributed by atoms with E-state index in [0.29, 0.717) is 48.9 Å². The number of aromatic nitrogens is 3. The first-order valence-corrected chi connectivity index (χ1v) is 10.6. The molecule has 3 rings (SSSR count). The number of ether oxygens (including phenoxy) is 1. The fraction of sp³-hybridized carbons (Fsp3) is 0.500. The van der Waals surface area contributed by atoms with Crippen LogP contribution >= 0.6 is 0 Å². The second-order valence-electron chi connectivity index (χ2n) is 6.56. The fourth-order valence-electron chi connectivity index (χ4n) is 3.19. The van der Waals surface area contributed by atoms with Crippen LogP contribution in [-0.4, -0.2) is 70.3 Å². The lowest BCUT2D eigenvalue weighted by molar-refractivity contribution is -0.107. The summed E-state index contributed by atoms with van der Waals surface area (Å²) in [4.78, 5) is 14.9. The predicted molar refractivity (Wildman–Crippen MR) is 105 cm³/mol. The molecule has 1 saturated heterocycles. The number of anilines is 2. The van der Waals surface area contributed by atoms with Gasteiger partial charge in [0.25, 0.3) is 0 Å². The molecule has 2 unspecified atom stereocenters. The Morgan fingerprint density at radius 1 is 1.43 bits per heavy atom. The summed E-state index contributed by atoms with van der Waals surface area (Å²) in [5, 5.41) is 7.64. The number of hydrogen-bond acceptors (Lipinski definition) is 6. The molecule has 1 aliphatic rings. The van der Waals surface area contributed by atoms with E-state index in [9.17, 15) is 13.7 Å². The quantitative estimate of drug-likeness (QED) is 0.479. The number of carbonyl (C=O) groups is 1. The van der Waals surface area contributed by atoms with Crippen molar-refractivity contribution in [3.63, 3.8) is 0 Å². The standard InChI is InChI=1S/C18H24FN5O3S/c1-27-16(13-24-7-5-20-21-24)12-23(14-25)15-3-4-18(17(19)11-15)22-6-2-9-28(26)10-8-22/h3-5,7,11,14,16H,2,6,8-10,12-13H2,1H3. The molecule has 0 N–H and O–H groups in total. The van der Waals surface area contributed by atoms with Gasteiger partial charge in [-0.1, -0.05) is 16.4 Å². The van der Waals surface area contributed by atoms with E-state index in [2.05, 4.69) is 10.3 Å². The van der Waals surface area contributed by atoms with Crippen LogP contribution in [0.3, 0.4) is 0 Å². The van der Waals surface area contributed by atoms with Gasteiger partial charge >= 0.3 is 0 Å². The number of rotatable bonds is 8. The minimum absolute atomic E-state index is 0.251. The Bertz CT molecular complexity index is 764. The van der Waals surface area contributed by atoms with Crippen molar-refractivity contribution in [3.05, 3.63) is 36.4 Å². The molecule has 0 radical (unpaired) electrons. The lowest BCUT2D eigenvalue weighted by atomic mass is 10.2. The molecule has 10 heteroatoms. The van der Waals surface area contributed by atoms with Gasteiger partial charge in [0.2, 0.25) is 6.41 Å². The van der Waals surface area contributed by atoms with E-state index in [1.807, 2.05) is 4.90 Å². The van der Waals surface area contributed by atoms with E-state index in [1.165, 1.54) is 11.0 Å². The molecule has 1 aromatic heterocycles. The molecule has 0 spiro atoms. The van der Waals surface area contributed by atoms with Crippen molar-refractivity contribution < 1.29 is 18.5 Å². The van der Waals surface area contributed by atoms with Crippen LogP contribution in [0.25, 0.3) is 0 Å². The SMILES string of the molecule is COC(CN(C=O)c1ccc(N2CCC[S+]([O-])CC2)c(F)c1)Cn1ccnn1. The summed E-state index contributed by atoms with van der Waals surface area (Å²) in [6.07, 6.45) is 4.38. The third-order valence-corrected chi connectivity index (χ3v) is 6.10. The maximum Gasteiger partial charge on any atom is 0.214 e. The number of nitrogens with zero attached hydrogens (tertiary/aromatic N) is 5. The van der Waals surface area contributed by atoms with Crippen LogP contribution in [0.4, 0.5) is 15.8 Å². The normalized spacial score (nSPS) is 18.5. The van der Waals surface area contributed by atoms with Gasteiger partial charge in [0, 0.05) is 32.0 Å². The van der Waals surface area contributed by atoms with Gasteiger partial charge in [0.05, 0.1) is 37.6 Å². The van der Waals surface area contributed by atoms with E-state index in [4.69, 9.17) is 4.74 Å². The molecule has 2 atom stereocenters. The Kier molecular flexibility index (Phi) is 7.24. The predicted octanol–water partition coefficient (Wildman–Crippen LogP) is 1.05. The first-order chi connectivity index (χ1) is 13.6. The lowest BCUT2D eigenvalue weighted by Gasteiger charge is -2.26. The fourth-order valence-corrected chi connectivity index (χ4v) is 4.27. The molecule has 1 fully saturated rings. The number of hydrogen-bond donors (Lipinski definition) is 0. The summed E-state index contributed by atoms with van der Waals surface area (Å²) in [5.41, 5.74) is 0.926. The number of halogens is 1. The molecule has 152 valence electrons. The van der Waals surface area contributed by atoms with Crippen LogP contribution in [0.5, 0.6) is 0 Å². The second-order valence-corrected chi connectivity index (χ2v) is 8.26. The summed E-state index contributed by atoms with van der Waals surface area (Å²) in [6, 6.07) is 4.75. The molecule has 28 heavy (non-hydrogen) atoms. The van der Waals surface area contributed by atoms with Gasteiger partial charge in [-0.05, 0) is 18.2 Å². The van der Waals surface area contributed by atoms with Gasteiger partial charge in [-0.25, -0.2) is 9.07 Å². The van der Waals surface area contributed by atoms with Gasteiger partial charge in [-0.3, -0.25) is 4.79 Å². The Labute approximate surface area is 166 Å². The minimum atomic E-state index is -0.838. The summed E-state index contributed by atoms with van der Waals surface area (Å²) in [7, 11) is 1.55. The van der Waals surface area contributed by atoms with Gasteiger partial charge < -0.3 is 19.1 Å². The van der Waals surface area contributed by atoms with Crippen LogP contribution in [0.1, 0.15) is 6.42 Å². The Hall–Kier alpha value is -2.17.